The fourth-order valence-corrected chi connectivity index (χ4v) is 3.26. The fraction of sp³-hybridized carbons (Fsp3) is 0.333. The van der Waals surface area contributed by atoms with Crippen LogP contribution in [0.2, 0.25) is 0 Å². The number of thioether (sulfide) groups is 1. The Hall–Kier alpha value is -0.910. The minimum atomic E-state index is 0.113. The maximum Gasteiger partial charge on any atom is 0.117 e. The molecule has 0 saturated heterocycles. The van der Waals surface area contributed by atoms with Gasteiger partial charge >= 0.3 is 0 Å². The van der Waals surface area contributed by atoms with Gasteiger partial charge in [0.2, 0.25) is 0 Å². The van der Waals surface area contributed by atoms with Gasteiger partial charge < -0.3 is 5.11 Å². The predicted molar refractivity (Wildman–Crippen MR) is 72.7 cm³/mol. The average molecular weight is 266 g/mol. The van der Waals surface area contributed by atoms with Gasteiger partial charge in [0.25, 0.3) is 0 Å². The molecule has 0 fully saturated rings. The monoisotopic (exact) mass is 266 g/mol. The molecule has 0 aliphatic carbocycles. The summed E-state index contributed by atoms with van der Waals surface area (Å²) in [6, 6.07) is 4.07. The Morgan fingerprint density at radius 3 is 2.82 bits per heavy atom. The summed E-state index contributed by atoms with van der Waals surface area (Å²) in [6.45, 7) is 2.16. The van der Waals surface area contributed by atoms with E-state index in [9.17, 15) is 0 Å². The molecular weight excluding hydrogens is 252 g/mol. The van der Waals surface area contributed by atoms with Crippen molar-refractivity contribution in [3.63, 3.8) is 0 Å². The molecular formula is C12H14N2OS2. The zero-order chi connectivity index (χ0) is 12.3. The van der Waals surface area contributed by atoms with Gasteiger partial charge in [0.1, 0.15) is 5.69 Å². The van der Waals surface area contributed by atoms with E-state index in [2.05, 4.69) is 16.3 Å². The van der Waals surface area contributed by atoms with Crippen LogP contribution in [0.3, 0.4) is 0 Å². The lowest BCUT2D eigenvalue weighted by molar-refractivity contribution is 0.297. The number of thiophene rings is 1. The average Bonchev–Trinajstić information content (AvgIpc) is 2.85. The molecule has 0 aromatic carbocycles. The third-order valence-electron chi connectivity index (χ3n) is 2.57. The molecule has 90 valence electrons. The van der Waals surface area contributed by atoms with Crippen molar-refractivity contribution in [2.24, 2.45) is 0 Å². The van der Waals surface area contributed by atoms with Crippen LogP contribution in [0.15, 0.2) is 22.4 Å². The zero-order valence-electron chi connectivity index (χ0n) is 9.80. The van der Waals surface area contributed by atoms with Crippen LogP contribution >= 0.6 is 23.1 Å². The smallest absolute Gasteiger partial charge is 0.117 e. The normalized spacial score (nSPS) is 10.8. The summed E-state index contributed by atoms with van der Waals surface area (Å²) in [4.78, 5) is 2.30. The van der Waals surface area contributed by atoms with E-state index in [0.717, 1.165) is 26.7 Å². The molecule has 1 N–H and O–H groups in total. The second kappa shape index (κ2) is 5.62. The van der Waals surface area contributed by atoms with E-state index >= 15 is 0 Å². The lowest BCUT2D eigenvalue weighted by Crippen LogP contribution is -2.03. The SMILES string of the molecule is CSc1c(-c2cccs2)nnc(CCO)c1C. The Labute approximate surface area is 109 Å². The molecule has 0 radical (unpaired) electrons. The highest BCUT2D eigenvalue weighted by molar-refractivity contribution is 7.98. The third kappa shape index (κ3) is 2.51. The van der Waals surface area contributed by atoms with Crippen LogP contribution in [0.4, 0.5) is 0 Å². The Morgan fingerprint density at radius 1 is 1.41 bits per heavy atom. The minimum Gasteiger partial charge on any atom is -0.396 e. The first-order valence-corrected chi connectivity index (χ1v) is 7.43. The summed E-state index contributed by atoms with van der Waals surface area (Å²) in [7, 11) is 0. The van der Waals surface area contributed by atoms with Crippen LogP contribution < -0.4 is 0 Å². The molecule has 5 heteroatoms. The number of aliphatic hydroxyl groups is 1. The zero-order valence-corrected chi connectivity index (χ0v) is 11.4. The quantitative estimate of drug-likeness (QED) is 0.864. The summed E-state index contributed by atoms with van der Waals surface area (Å²) in [5.74, 6) is 0. The molecule has 0 unspecified atom stereocenters. The molecule has 0 saturated carbocycles. The minimum absolute atomic E-state index is 0.113. The van der Waals surface area contributed by atoms with Crippen molar-refractivity contribution in [1.82, 2.24) is 10.2 Å². The van der Waals surface area contributed by atoms with Crippen molar-refractivity contribution in [2.75, 3.05) is 12.9 Å². The Morgan fingerprint density at radius 2 is 2.24 bits per heavy atom. The van der Waals surface area contributed by atoms with Crippen LogP contribution in [-0.4, -0.2) is 28.2 Å². The number of aliphatic hydroxyl groups excluding tert-OH is 1. The highest BCUT2D eigenvalue weighted by Gasteiger charge is 2.14. The second-order valence-electron chi connectivity index (χ2n) is 3.60. The maximum absolute atomic E-state index is 8.99. The molecule has 3 nitrogen and oxygen atoms in total. The standard InChI is InChI=1S/C12H14N2OS2/c1-8-9(5-6-15)13-14-11(12(8)16-2)10-4-3-7-17-10/h3-4,7,15H,5-6H2,1-2H3. The molecule has 0 aliphatic heterocycles. The van der Waals surface area contributed by atoms with E-state index in [-0.39, 0.29) is 6.61 Å². The van der Waals surface area contributed by atoms with Crippen LogP contribution in [0.25, 0.3) is 10.6 Å². The maximum atomic E-state index is 8.99. The summed E-state index contributed by atoms with van der Waals surface area (Å²) in [5.41, 5.74) is 2.97. The molecule has 0 aliphatic rings. The fourth-order valence-electron chi connectivity index (χ4n) is 1.71. The number of hydrogen-bond donors (Lipinski definition) is 1. The van der Waals surface area contributed by atoms with Gasteiger partial charge in [0, 0.05) is 17.9 Å². The van der Waals surface area contributed by atoms with Gasteiger partial charge in [-0.15, -0.1) is 28.2 Å². The lowest BCUT2D eigenvalue weighted by atomic mass is 10.1. The van der Waals surface area contributed by atoms with Crippen LogP contribution in [0, 0.1) is 6.92 Å². The van der Waals surface area contributed by atoms with Crippen molar-refractivity contribution in [1.29, 1.82) is 0 Å². The van der Waals surface area contributed by atoms with Gasteiger partial charge in [-0.3, -0.25) is 0 Å². The van der Waals surface area contributed by atoms with Crippen molar-refractivity contribution >= 4 is 23.1 Å². The summed E-state index contributed by atoms with van der Waals surface area (Å²) in [5, 5.41) is 19.5. The Kier molecular flexibility index (Phi) is 4.15. The molecule has 2 rings (SSSR count). The van der Waals surface area contributed by atoms with E-state index in [1.807, 2.05) is 24.6 Å². The molecule has 0 atom stereocenters. The van der Waals surface area contributed by atoms with Gasteiger partial charge in [0.15, 0.2) is 0 Å². The first-order valence-electron chi connectivity index (χ1n) is 5.32. The van der Waals surface area contributed by atoms with Crippen LogP contribution in [-0.2, 0) is 6.42 Å². The van der Waals surface area contributed by atoms with Gasteiger partial charge in [-0.25, -0.2) is 0 Å². The van der Waals surface area contributed by atoms with Crippen LogP contribution in [0.1, 0.15) is 11.3 Å². The number of nitrogens with zero attached hydrogens (tertiary/aromatic N) is 2. The molecule has 0 amide bonds. The van der Waals surface area contributed by atoms with E-state index < -0.39 is 0 Å². The Bertz CT molecular complexity index is 497. The molecule has 2 heterocycles. The molecule has 0 spiro atoms. The highest BCUT2D eigenvalue weighted by atomic mass is 32.2. The second-order valence-corrected chi connectivity index (χ2v) is 5.37. The highest BCUT2D eigenvalue weighted by Crippen LogP contribution is 2.34. The molecule has 17 heavy (non-hydrogen) atoms. The summed E-state index contributed by atoms with van der Waals surface area (Å²) < 4.78 is 0. The first kappa shape index (κ1) is 12.5. The molecule has 2 aromatic rings. The van der Waals surface area contributed by atoms with Crippen LogP contribution in [0.5, 0.6) is 0 Å². The van der Waals surface area contributed by atoms with E-state index in [0.29, 0.717) is 6.42 Å². The van der Waals surface area contributed by atoms with Crippen molar-refractivity contribution < 1.29 is 5.11 Å². The largest absolute Gasteiger partial charge is 0.396 e. The summed E-state index contributed by atoms with van der Waals surface area (Å²) >= 11 is 3.35. The number of aromatic nitrogens is 2. The van der Waals surface area contributed by atoms with Gasteiger partial charge in [-0.05, 0) is 30.2 Å². The number of hydrogen-bond acceptors (Lipinski definition) is 5. The lowest BCUT2D eigenvalue weighted by Gasteiger charge is -2.10. The third-order valence-corrected chi connectivity index (χ3v) is 4.35. The predicted octanol–water partition coefficient (Wildman–Crippen LogP) is 2.77. The number of rotatable bonds is 4. The summed E-state index contributed by atoms with van der Waals surface area (Å²) in [6.07, 6.45) is 2.61. The molecule has 2 aromatic heterocycles. The Balaban J connectivity index is 2.51. The molecule has 0 bridgehead atoms. The topological polar surface area (TPSA) is 46.0 Å². The van der Waals surface area contributed by atoms with Gasteiger partial charge in [0.05, 0.1) is 10.6 Å². The van der Waals surface area contributed by atoms with Crippen molar-refractivity contribution in [3.05, 3.63) is 28.8 Å². The van der Waals surface area contributed by atoms with E-state index in [1.165, 1.54) is 0 Å². The first-order chi connectivity index (χ1) is 8.27. The van der Waals surface area contributed by atoms with E-state index in [4.69, 9.17) is 5.11 Å². The van der Waals surface area contributed by atoms with Gasteiger partial charge in [-0.2, -0.15) is 5.10 Å². The van der Waals surface area contributed by atoms with Crippen molar-refractivity contribution in [2.45, 2.75) is 18.2 Å². The van der Waals surface area contributed by atoms with Gasteiger partial charge in [-0.1, -0.05) is 6.07 Å². The van der Waals surface area contributed by atoms with E-state index in [1.54, 1.807) is 23.1 Å². The van der Waals surface area contributed by atoms with Crippen molar-refractivity contribution in [3.8, 4) is 10.6 Å².